The van der Waals surface area contributed by atoms with Gasteiger partial charge in [-0.05, 0) is 80.1 Å². The second-order valence-corrected chi connectivity index (χ2v) is 10.4. The van der Waals surface area contributed by atoms with Crippen LogP contribution in [0.4, 0.5) is 0 Å². The normalized spacial score (nSPS) is 15.2. The summed E-state index contributed by atoms with van der Waals surface area (Å²) in [5.41, 5.74) is 4.06. The van der Waals surface area contributed by atoms with Crippen molar-refractivity contribution in [2.75, 3.05) is 0 Å². The number of benzene rings is 1. The lowest BCUT2D eigenvalue weighted by atomic mass is 9.86. The molecule has 0 atom stereocenters. The van der Waals surface area contributed by atoms with Crippen molar-refractivity contribution in [2.45, 2.75) is 31.2 Å². The first-order valence-electron chi connectivity index (χ1n) is 11.3. The third-order valence-electron chi connectivity index (χ3n) is 6.46. The second-order valence-electron chi connectivity index (χ2n) is 8.65. The van der Waals surface area contributed by atoms with Gasteiger partial charge in [0.15, 0.2) is 0 Å². The van der Waals surface area contributed by atoms with Gasteiger partial charge in [-0.15, -0.1) is 0 Å². The number of H-pyrrole nitrogens is 1. The zero-order chi connectivity index (χ0) is 24.4. The number of hydrogen-bond acceptors (Lipinski definition) is 4. The number of aromatic amines is 1. The summed E-state index contributed by atoms with van der Waals surface area (Å²) in [6.07, 6.45) is 10.6. The lowest BCUT2D eigenvalue weighted by molar-refractivity contribution is -0.119. The van der Waals surface area contributed by atoms with Crippen LogP contribution in [0.3, 0.4) is 0 Å². The van der Waals surface area contributed by atoms with E-state index in [1.54, 1.807) is 6.20 Å². The minimum atomic E-state index is -0.501. The Labute approximate surface area is 219 Å². The zero-order valence-corrected chi connectivity index (χ0v) is 21.9. The highest BCUT2D eigenvalue weighted by molar-refractivity contribution is 9.11. The third kappa shape index (κ3) is 4.79. The Kier molecular flexibility index (Phi) is 6.54. The van der Waals surface area contributed by atoms with Gasteiger partial charge in [0.2, 0.25) is 0 Å². The van der Waals surface area contributed by atoms with Crippen LogP contribution in [0.5, 0.6) is 0 Å². The molecule has 3 heterocycles. The van der Waals surface area contributed by atoms with Crippen LogP contribution in [0.2, 0.25) is 0 Å². The molecule has 0 unspecified atom stereocenters. The van der Waals surface area contributed by atoms with Crippen LogP contribution in [0.1, 0.15) is 36.9 Å². The molecule has 35 heavy (non-hydrogen) atoms. The number of carbonyl (C=O) groups is 1. The quantitative estimate of drug-likeness (QED) is 0.201. The summed E-state index contributed by atoms with van der Waals surface area (Å²) in [7, 11) is 0. The molecule has 1 aromatic carbocycles. The van der Waals surface area contributed by atoms with Crippen molar-refractivity contribution in [3.8, 4) is 17.2 Å². The van der Waals surface area contributed by atoms with Crippen molar-refractivity contribution in [1.29, 1.82) is 5.26 Å². The van der Waals surface area contributed by atoms with Crippen molar-refractivity contribution in [2.24, 2.45) is 0 Å². The summed E-state index contributed by atoms with van der Waals surface area (Å²) >= 11 is 6.81. The Bertz CT molecular complexity index is 1480. The molecule has 6 nitrogen and oxygen atoms in total. The highest BCUT2D eigenvalue weighted by atomic mass is 79.9. The van der Waals surface area contributed by atoms with Gasteiger partial charge >= 0.3 is 0 Å². The largest absolute Gasteiger partial charge is 0.346 e. The maximum atomic E-state index is 13.2. The lowest BCUT2D eigenvalue weighted by Gasteiger charge is -2.31. The fourth-order valence-corrected chi connectivity index (χ4v) is 5.75. The van der Waals surface area contributed by atoms with Crippen LogP contribution in [-0.4, -0.2) is 20.9 Å². The monoisotopic (exact) mass is 589 g/mol. The number of rotatable bonds is 5. The number of aromatic nitrogens is 3. The van der Waals surface area contributed by atoms with Gasteiger partial charge in [-0.25, -0.2) is 4.98 Å². The molecule has 8 heteroatoms. The number of amides is 1. The van der Waals surface area contributed by atoms with E-state index in [0.29, 0.717) is 10.2 Å². The Morgan fingerprint density at radius 2 is 1.83 bits per heavy atom. The van der Waals surface area contributed by atoms with Gasteiger partial charge in [0.05, 0.1) is 11.2 Å². The summed E-state index contributed by atoms with van der Waals surface area (Å²) in [4.78, 5) is 25.1. The number of nitrogens with one attached hydrogen (secondary N) is 2. The van der Waals surface area contributed by atoms with Crippen molar-refractivity contribution in [3.63, 3.8) is 0 Å². The first kappa shape index (κ1) is 23.5. The fraction of sp³-hybridized carbons (Fsp3) is 0.185. The maximum Gasteiger partial charge on any atom is 0.262 e. The van der Waals surface area contributed by atoms with Crippen LogP contribution in [0.25, 0.3) is 28.2 Å². The van der Waals surface area contributed by atoms with E-state index in [9.17, 15) is 10.1 Å². The van der Waals surface area contributed by atoms with E-state index in [2.05, 4.69) is 82.5 Å². The van der Waals surface area contributed by atoms with Crippen LogP contribution >= 0.6 is 31.9 Å². The number of hydrogen-bond donors (Lipinski definition) is 2. The Morgan fingerprint density at radius 3 is 2.54 bits per heavy atom. The molecule has 1 aliphatic carbocycles. The molecule has 0 radical (unpaired) electrons. The number of pyridine rings is 2. The van der Waals surface area contributed by atoms with Gasteiger partial charge in [0.25, 0.3) is 5.91 Å². The van der Waals surface area contributed by atoms with Crippen LogP contribution in [0.15, 0.2) is 75.6 Å². The van der Waals surface area contributed by atoms with Gasteiger partial charge in [-0.2, -0.15) is 5.26 Å². The number of halogens is 2. The Morgan fingerprint density at radius 1 is 1.06 bits per heavy atom. The van der Waals surface area contributed by atoms with E-state index < -0.39 is 11.4 Å². The van der Waals surface area contributed by atoms with Crippen LogP contribution in [0, 0.1) is 11.3 Å². The standard InChI is InChI=1S/C27H21Br2N5O/c28-22-13-23(29)24(32-16-22)12-19(14-30)26(35)34-27(8-1-2-9-27)21-5-3-17(4-6-21)20-11-18-7-10-31-25(18)33-15-20/h3-7,10-13,15-16H,1-2,8-9H2,(H,31,33)(H,34,35). The fourth-order valence-electron chi connectivity index (χ4n) is 4.65. The molecule has 0 saturated heterocycles. The molecule has 174 valence electrons. The van der Waals surface area contributed by atoms with E-state index >= 15 is 0 Å². The zero-order valence-electron chi connectivity index (χ0n) is 18.7. The molecule has 0 aliphatic heterocycles. The molecular weight excluding hydrogens is 570 g/mol. The summed E-state index contributed by atoms with van der Waals surface area (Å²) in [6, 6.07) is 16.3. The molecule has 1 amide bonds. The van der Waals surface area contributed by atoms with Gasteiger partial charge in [-0.3, -0.25) is 9.78 Å². The van der Waals surface area contributed by atoms with Crippen LogP contribution in [-0.2, 0) is 10.3 Å². The minimum absolute atomic E-state index is 0.0225. The number of nitrogens with zero attached hydrogens (tertiary/aromatic N) is 3. The average Bonchev–Trinajstić information content (AvgIpc) is 3.53. The maximum absolute atomic E-state index is 13.2. The second kappa shape index (κ2) is 9.76. The van der Waals surface area contributed by atoms with Crippen molar-refractivity contribution >= 4 is 54.9 Å². The predicted octanol–water partition coefficient (Wildman–Crippen LogP) is 6.64. The van der Waals surface area contributed by atoms with Crippen molar-refractivity contribution in [3.05, 3.63) is 86.8 Å². The van der Waals surface area contributed by atoms with Crippen LogP contribution < -0.4 is 5.32 Å². The molecule has 1 fully saturated rings. The van der Waals surface area contributed by atoms with Gasteiger partial charge in [0.1, 0.15) is 17.3 Å². The Hall–Kier alpha value is -3.28. The Balaban J connectivity index is 1.41. The van der Waals surface area contributed by atoms with E-state index in [1.807, 2.05) is 30.6 Å². The van der Waals surface area contributed by atoms with Crippen molar-refractivity contribution in [1.82, 2.24) is 20.3 Å². The first-order valence-corrected chi connectivity index (χ1v) is 12.9. The molecular formula is C27H21Br2N5O. The first-order chi connectivity index (χ1) is 17.0. The average molecular weight is 591 g/mol. The number of carbonyl (C=O) groups excluding carboxylic acids is 1. The summed E-state index contributed by atoms with van der Waals surface area (Å²) in [5.74, 6) is -0.391. The molecule has 0 bridgehead atoms. The summed E-state index contributed by atoms with van der Waals surface area (Å²) in [5, 5.41) is 14.0. The summed E-state index contributed by atoms with van der Waals surface area (Å²) < 4.78 is 1.51. The molecule has 2 N–H and O–H groups in total. The van der Waals surface area contributed by atoms with E-state index in [-0.39, 0.29) is 5.57 Å². The SMILES string of the molecule is N#CC(=Cc1ncc(Br)cc1Br)C(=O)NC1(c2ccc(-c3cnc4[nH]ccc4c3)cc2)CCCC1. The van der Waals surface area contributed by atoms with Crippen molar-refractivity contribution < 1.29 is 4.79 Å². The summed E-state index contributed by atoms with van der Waals surface area (Å²) in [6.45, 7) is 0. The molecule has 4 aromatic rings. The van der Waals surface area contributed by atoms with Gasteiger partial charge in [0, 0.05) is 38.5 Å². The topological polar surface area (TPSA) is 94.5 Å². The van der Waals surface area contributed by atoms with E-state index in [1.165, 1.54) is 6.08 Å². The highest BCUT2D eigenvalue weighted by Gasteiger charge is 2.37. The molecule has 0 spiro atoms. The van der Waals surface area contributed by atoms with E-state index in [4.69, 9.17) is 0 Å². The number of nitriles is 1. The smallest absolute Gasteiger partial charge is 0.262 e. The molecule has 1 saturated carbocycles. The van der Waals surface area contributed by atoms with E-state index in [0.717, 1.165) is 57.9 Å². The molecule has 5 rings (SSSR count). The molecule has 1 aliphatic rings. The third-order valence-corrected chi connectivity index (χ3v) is 7.53. The van der Waals surface area contributed by atoms with Gasteiger partial charge in [-0.1, -0.05) is 37.1 Å². The highest BCUT2D eigenvalue weighted by Crippen LogP contribution is 2.40. The number of fused-ring (bicyclic) bond motifs is 1. The van der Waals surface area contributed by atoms with Gasteiger partial charge < -0.3 is 10.3 Å². The minimum Gasteiger partial charge on any atom is -0.346 e. The predicted molar refractivity (Wildman–Crippen MR) is 143 cm³/mol. The molecule has 3 aromatic heterocycles. The lowest BCUT2D eigenvalue weighted by Crippen LogP contribution is -2.44.